The summed E-state index contributed by atoms with van der Waals surface area (Å²) in [6.45, 7) is 3.62. The molecular formula is C27H27N3O4. The maximum atomic E-state index is 13.1. The van der Waals surface area contributed by atoms with Gasteiger partial charge in [0.1, 0.15) is 18.0 Å². The topological polar surface area (TPSA) is 65.3 Å². The van der Waals surface area contributed by atoms with Crippen molar-refractivity contribution in [1.29, 1.82) is 0 Å². The SMILES string of the molecule is COc1cc2c(cc1OC)CN(C(=O)c1ccc(OCc3cn4cc(C)ccc4n3)cc1)CC2. The van der Waals surface area contributed by atoms with E-state index >= 15 is 0 Å². The molecule has 0 atom stereocenters. The number of hydrogen-bond acceptors (Lipinski definition) is 5. The molecule has 1 amide bonds. The zero-order valence-electron chi connectivity index (χ0n) is 19.6. The molecule has 1 aliphatic rings. The minimum atomic E-state index is 0.00251. The zero-order chi connectivity index (χ0) is 23.7. The lowest BCUT2D eigenvalue weighted by Gasteiger charge is -2.29. The van der Waals surface area contributed by atoms with Gasteiger partial charge in [-0.1, -0.05) is 6.07 Å². The second kappa shape index (κ2) is 9.09. The smallest absolute Gasteiger partial charge is 0.254 e. The van der Waals surface area contributed by atoms with Gasteiger partial charge in [-0.05, 0) is 72.5 Å². The molecule has 0 bridgehead atoms. The van der Waals surface area contributed by atoms with E-state index in [0.717, 1.165) is 29.1 Å². The Morgan fingerprint density at radius 3 is 2.44 bits per heavy atom. The fourth-order valence-corrected chi connectivity index (χ4v) is 4.32. The molecule has 0 aliphatic carbocycles. The minimum Gasteiger partial charge on any atom is -0.493 e. The molecule has 0 saturated carbocycles. The van der Waals surface area contributed by atoms with Crippen LogP contribution in [0.5, 0.6) is 17.2 Å². The summed E-state index contributed by atoms with van der Waals surface area (Å²) in [4.78, 5) is 19.6. The van der Waals surface area contributed by atoms with Crippen LogP contribution in [0.4, 0.5) is 0 Å². The number of benzene rings is 2. The van der Waals surface area contributed by atoms with Crippen molar-refractivity contribution in [3.63, 3.8) is 0 Å². The number of pyridine rings is 1. The van der Waals surface area contributed by atoms with Crippen molar-refractivity contribution in [2.45, 2.75) is 26.5 Å². The minimum absolute atomic E-state index is 0.00251. The lowest BCUT2D eigenvalue weighted by Crippen LogP contribution is -2.36. The van der Waals surface area contributed by atoms with E-state index in [1.165, 1.54) is 11.1 Å². The van der Waals surface area contributed by atoms with E-state index in [9.17, 15) is 4.79 Å². The van der Waals surface area contributed by atoms with Gasteiger partial charge >= 0.3 is 0 Å². The Labute approximate surface area is 198 Å². The second-order valence-corrected chi connectivity index (χ2v) is 8.47. The van der Waals surface area contributed by atoms with Crippen LogP contribution in [0.25, 0.3) is 5.65 Å². The number of aromatic nitrogens is 2. The van der Waals surface area contributed by atoms with Gasteiger partial charge in [-0.2, -0.15) is 0 Å². The van der Waals surface area contributed by atoms with Crippen molar-refractivity contribution in [3.8, 4) is 17.2 Å². The van der Waals surface area contributed by atoms with Gasteiger partial charge in [0.05, 0.1) is 19.9 Å². The molecule has 34 heavy (non-hydrogen) atoms. The summed E-state index contributed by atoms with van der Waals surface area (Å²) in [5.74, 6) is 2.10. The van der Waals surface area contributed by atoms with E-state index in [4.69, 9.17) is 14.2 Å². The molecule has 0 spiro atoms. The summed E-state index contributed by atoms with van der Waals surface area (Å²) in [5.41, 5.74) is 5.83. The molecule has 7 heteroatoms. The number of nitrogens with zero attached hydrogens (tertiary/aromatic N) is 3. The zero-order valence-corrected chi connectivity index (χ0v) is 19.6. The van der Waals surface area contributed by atoms with Gasteiger partial charge in [0.15, 0.2) is 11.5 Å². The van der Waals surface area contributed by atoms with Crippen molar-refractivity contribution in [3.05, 3.63) is 88.9 Å². The maximum absolute atomic E-state index is 13.1. The molecule has 0 N–H and O–H groups in total. The molecular weight excluding hydrogens is 430 g/mol. The molecule has 4 aromatic rings. The largest absolute Gasteiger partial charge is 0.493 e. The van der Waals surface area contributed by atoms with Gasteiger partial charge in [-0.3, -0.25) is 4.79 Å². The third kappa shape index (κ3) is 4.29. The number of aryl methyl sites for hydroxylation is 1. The van der Waals surface area contributed by atoms with Gasteiger partial charge < -0.3 is 23.5 Å². The number of rotatable bonds is 6. The second-order valence-electron chi connectivity index (χ2n) is 8.47. The summed E-state index contributed by atoms with van der Waals surface area (Å²) in [7, 11) is 3.25. The molecule has 0 fully saturated rings. The Balaban J connectivity index is 1.24. The van der Waals surface area contributed by atoms with Crippen LogP contribution in [-0.2, 0) is 19.6 Å². The number of amides is 1. The maximum Gasteiger partial charge on any atom is 0.254 e. The molecule has 2 aromatic carbocycles. The molecule has 0 unspecified atom stereocenters. The predicted octanol–water partition coefficient (Wildman–Crippen LogP) is 4.44. The van der Waals surface area contributed by atoms with E-state index in [0.29, 0.717) is 36.8 Å². The molecule has 2 aromatic heterocycles. The number of carbonyl (C=O) groups excluding carboxylic acids is 1. The highest BCUT2D eigenvalue weighted by atomic mass is 16.5. The number of imidazole rings is 1. The summed E-state index contributed by atoms with van der Waals surface area (Å²) in [5, 5.41) is 0. The number of ether oxygens (including phenoxy) is 3. The van der Waals surface area contributed by atoms with E-state index in [1.54, 1.807) is 14.2 Å². The van der Waals surface area contributed by atoms with E-state index in [-0.39, 0.29) is 5.91 Å². The van der Waals surface area contributed by atoms with E-state index in [1.807, 2.05) is 70.2 Å². The number of carbonyl (C=O) groups is 1. The van der Waals surface area contributed by atoms with Gasteiger partial charge in [-0.25, -0.2) is 4.98 Å². The van der Waals surface area contributed by atoms with Crippen molar-refractivity contribution < 1.29 is 19.0 Å². The van der Waals surface area contributed by atoms with Crippen LogP contribution in [0.2, 0.25) is 0 Å². The lowest BCUT2D eigenvalue weighted by molar-refractivity contribution is 0.0734. The van der Waals surface area contributed by atoms with Crippen LogP contribution in [-0.4, -0.2) is 41.0 Å². The Morgan fingerprint density at radius 2 is 1.71 bits per heavy atom. The fraction of sp³-hybridized carbons (Fsp3) is 0.259. The van der Waals surface area contributed by atoms with Gasteiger partial charge in [0.25, 0.3) is 5.91 Å². The first kappa shape index (κ1) is 21.8. The van der Waals surface area contributed by atoms with Crippen LogP contribution in [0, 0.1) is 6.92 Å². The summed E-state index contributed by atoms with van der Waals surface area (Å²) >= 11 is 0. The summed E-state index contributed by atoms with van der Waals surface area (Å²) in [6, 6.07) is 15.3. The van der Waals surface area contributed by atoms with E-state index in [2.05, 4.69) is 11.9 Å². The first-order valence-corrected chi connectivity index (χ1v) is 11.2. The van der Waals surface area contributed by atoms with Crippen molar-refractivity contribution >= 4 is 11.6 Å². The highest BCUT2D eigenvalue weighted by Gasteiger charge is 2.23. The quantitative estimate of drug-likeness (QED) is 0.428. The molecule has 3 heterocycles. The number of hydrogen-bond donors (Lipinski definition) is 0. The van der Waals surface area contributed by atoms with E-state index < -0.39 is 0 Å². The molecule has 0 saturated heterocycles. The summed E-state index contributed by atoms with van der Waals surface area (Å²) < 4.78 is 18.7. The summed E-state index contributed by atoms with van der Waals surface area (Å²) in [6.07, 6.45) is 4.79. The Kier molecular flexibility index (Phi) is 5.84. The Hall–Kier alpha value is -4.00. The lowest BCUT2D eigenvalue weighted by atomic mass is 9.98. The average molecular weight is 458 g/mol. The first-order valence-electron chi connectivity index (χ1n) is 11.2. The third-order valence-electron chi connectivity index (χ3n) is 6.14. The fourth-order valence-electron chi connectivity index (χ4n) is 4.32. The van der Waals surface area contributed by atoms with Gasteiger partial charge in [0, 0.05) is 31.0 Å². The first-order chi connectivity index (χ1) is 16.5. The Bertz CT molecular complexity index is 1340. The van der Waals surface area contributed by atoms with Crippen LogP contribution in [0.1, 0.15) is 32.7 Å². The molecule has 7 nitrogen and oxygen atoms in total. The molecule has 5 rings (SSSR count). The molecule has 0 radical (unpaired) electrons. The van der Waals surface area contributed by atoms with Crippen molar-refractivity contribution in [1.82, 2.24) is 14.3 Å². The average Bonchev–Trinajstić information content (AvgIpc) is 3.28. The van der Waals surface area contributed by atoms with Gasteiger partial charge in [-0.15, -0.1) is 0 Å². The van der Waals surface area contributed by atoms with Crippen LogP contribution >= 0.6 is 0 Å². The highest BCUT2D eigenvalue weighted by molar-refractivity contribution is 5.94. The Morgan fingerprint density at radius 1 is 0.971 bits per heavy atom. The third-order valence-corrected chi connectivity index (χ3v) is 6.14. The highest BCUT2D eigenvalue weighted by Crippen LogP contribution is 2.33. The van der Waals surface area contributed by atoms with Crippen molar-refractivity contribution in [2.75, 3.05) is 20.8 Å². The van der Waals surface area contributed by atoms with Crippen molar-refractivity contribution in [2.24, 2.45) is 0 Å². The number of fused-ring (bicyclic) bond motifs is 2. The monoisotopic (exact) mass is 457 g/mol. The van der Waals surface area contributed by atoms with Gasteiger partial charge in [0.2, 0.25) is 0 Å². The molecule has 174 valence electrons. The predicted molar refractivity (Wildman–Crippen MR) is 129 cm³/mol. The number of methoxy groups -OCH3 is 2. The van der Waals surface area contributed by atoms with Crippen LogP contribution < -0.4 is 14.2 Å². The normalized spacial score (nSPS) is 13.0. The molecule has 1 aliphatic heterocycles. The standard InChI is InChI=1S/C27H27N3O4/c1-18-4-9-26-28-22(16-30(26)14-18)17-34-23-7-5-19(6-8-23)27(31)29-11-10-20-12-24(32-2)25(33-3)13-21(20)15-29/h4-9,12-14,16H,10-11,15,17H2,1-3H3. The van der Waals surface area contributed by atoms with Crippen LogP contribution in [0.15, 0.2) is 60.9 Å². The van der Waals surface area contributed by atoms with Crippen LogP contribution in [0.3, 0.4) is 0 Å².